The van der Waals surface area contributed by atoms with E-state index in [1.807, 2.05) is 24.3 Å². The molecule has 0 saturated heterocycles. The van der Waals surface area contributed by atoms with Crippen molar-refractivity contribution in [2.45, 2.75) is 13.0 Å². The first-order valence-electron chi connectivity index (χ1n) is 5.40. The van der Waals surface area contributed by atoms with E-state index in [9.17, 15) is 4.79 Å². The summed E-state index contributed by atoms with van der Waals surface area (Å²) >= 11 is 0. The van der Waals surface area contributed by atoms with Crippen molar-refractivity contribution in [1.29, 1.82) is 0 Å². The first-order chi connectivity index (χ1) is 7.77. The molecular formula is C12H18N2O2. The van der Waals surface area contributed by atoms with Gasteiger partial charge in [-0.15, -0.1) is 0 Å². The SMILES string of the molecule is CNC(=O)c1ccc(CNCCCO)cc1. The first kappa shape index (κ1) is 12.7. The van der Waals surface area contributed by atoms with Crippen molar-refractivity contribution in [3.8, 4) is 0 Å². The number of benzene rings is 1. The Kier molecular flexibility index (Phi) is 5.53. The van der Waals surface area contributed by atoms with Gasteiger partial charge >= 0.3 is 0 Å². The summed E-state index contributed by atoms with van der Waals surface area (Å²) in [5, 5.41) is 14.4. The van der Waals surface area contributed by atoms with Gasteiger partial charge < -0.3 is 15.7 Å². The molecule has 0 aliphatic heterocycles. The van der Waals surface area contributed by atoms with Gasteiger partial charge in [-0.1, -0.05) is 12.1 Å². The zero-order valence-electron chi connectivity index (χ0n) is 9.49. The number of hydrogen-bond donors (Lipinski definition) is 3. The Morgan fingerprint density at radius 2 is 2.00 bits per heavy atom. The van der Waals surface area contributed by atoms with Gasteiger partial charge in [-0.05, 0) is 30.7 Å². The fraction of sp³-hybridized carbons (Fsp3) is 0.417. The van der Waals surface area contributed by atoms with E-state index in [1.165, 1.54) is 0 Å². The molecule has 16 heavy (non-hydrogen) atoms. The number of aliphatic hydroxyl groups excluding tert-OH is 1. The summed E-state index contributed by atoms with van der Waals surface area (Å²) in [5.74, 6) is -0.0696. The third kappa shape index (κ3) is 4.00. The standard InChI is InChI=1S/C12H18N2O2/c1-13-12(16)11-5-3-10(4-6-11)9-14-7-2-8-15/h3-6,14-15H,2,7-9H2,1H3,(H,13,16). The average molecular weight is 222 g/mol. The molecule has 0 bridgehead atoms. The quantitative estimate of drug-likeness (QED) is 0.615. The molecule has 0 aliphatic rings. The van der Waals surface area contributed by atoms with Gasteiger partial charge in [0.05, 0.1) is 0 Å². The van der Waals surface area contributed by atoms with Gasteiger partial charge in [-0.25, -0.2) is 0 Å². The lowest BCUT2D eigenvalue weighted by atomic mass is 10.1. The highest BCUT2D eigenvalue weighted by molar-refractivity contribution is 5.93. The molecule has 0 aromatic heterocycles. The molecule has 0 spiro atoms. The van der Waals surface area contributed by atoms with Crippen LogP contribution >= 0.6 is 0 Å². The lowest BCUT2D eigenvalue weighted by molar-refractivity contribution is 0.0963. The van der Waals surface area contributed by atoms with E-state index in [-0.39, 0.29) is 12.5 Å². The predicted molar refractivity (Wildman–Crippen MR) is 63.2 cm³/mol. The molecule has 0 unspecified atom stereocenters. The Bertz CT molecular complexity index is 322. The van der Waals surface area contributed by atoms with Crippen molar-refractivity contribution >= 4 is 5.91 Å². The number of aliphatic hydroxyl groups is 1. The maximum absolute atomic E-state index is 11.3. The van der Waals surface area contributed by atoms with Crippen LogP contribution in [0.15, 0.2) is 24.3 Å². The van der Waals surface area contributed by atoms with Crippen LogP contribution in [0.4, 0.5) is 0 Å². The second kappa shape index (κ2) is 6.98. The zero-order valence-corrected chi connectivity index (χ0v) is 9.49. The smallest absolute Gasteiger partial charge is 0.251 e. The van der Waals surface area contributed by atoms with Crippen LogP contribution in [-0.2, 0) is 6.54 Å². The van der Waals surface area contributed by atoms with E-state index in [4.69, 9.17) is 5.11 Å². The van der Waals surface area contributed by atoms with E-state index in [0.717, 1.165) is 25.1 Å². The maximum atomic E-state index is 11.3. The number of hydrogen-bond acceptors (Lipinski definition) is 3. The van der Waals surface area contributed by atoms with Crippen molar-refractivity contribution in [1.82, 2.24) is 10.6 Å². The van der Waals surface area contributed by atoms with E-state index in [0.29, 0.717) is 5.56 Å². The number of carbonyl (C=O) groups excluding carboxylic acids is 1. The molecule has 1 aromatic carbocycles. The van der Waals surface area contributed by atoms with E-state index in [2.05, 4.69) is 10.6 Å². The Balaban J connectivity index is 2.42. The molecule has 1 amide bonds. The van der Waals surface area contributed by atoms with Crippen molar-refractivity contribution in [3.63, 3.8) is 0 Å². The lowest BCUT2D eigenvalue weighted by Gasteiger charge is -2.05. The number of carbonyl (C=O) groups is 1. The van der Waals surface area contributed by atoms with E-state index < -0.39 is 0 Å². The summed E-state index contributed by atoms with van der Waals surface area (Å²) < 4.78 is 0. The monoisotopic (exact) mass is 222 g/mol. The highest BCUT2D eigenvalue weighted by atomic mass is 16.3. The van der Waals surface area contributed by atoms with Crippen molar-refractivity contribution in [2.24, 2.45) is 0 Å². The van der Waals surface area contributed by atoms with Crippen LogP contribution in [0, 0.1) is 0 Å². The molecule has 0 radical (unpaired) electrons. The molecule has 4 nitrogen and oxygen atoms in total. The second-order valence-corrected chi connectivity index (χ2v) is 3.53. The molecule has 4 heteroatoms. The van der Waals surface area contributed by atoms with Gasteiger partial charge in [0.15, 0.2) is 0 Å². The molecule has 0 heterocycles. The number of nitrogens with one attached hydrogen (secondary N) is 2. The van der Waals surface area contributed by atoms with Gasteiger partial charge in [0.25, 0.3) is 5.91 Å². The first-order valence-corrected chi connectivity index (χ1v) is 5.40. The maximum Gasteiger partial charge on any atom is 0.251 e. The minimum Gasteiger partial charge on any atom is -0.396 e. The van der Waals surface area contributed by atoms with Crippen LogP contribution in [0.3, 0.4) is 0 Å². The summed E-state index contributed by atoms with van der Waals surface area (Å²) in [6, 6.07) is 7.47. The van der Waals surface area contributed by atoms with Crippen LogP contribution in [0.2, 0.25) is 0 Å². The molecule has 0 saturated carbocycles. The molecule has 0 atom stereocenters. The third-order valence-corrected chi connectivity index (χ3v) is 2.28. The zero-order chi connectivity index (χ0) is 11.8. The highest BCUT2D eigenvalue weighted by Crippen LogP contribution is 2.04. The van der Waals surface area contributed by atoms with Gasteiger partial charge in [-0.2, -0.15) is 0 Å². The van der Waals surface area contributed by atoms with Crippen molar-refractivity contribution in [3.05, 3.63) is 35.4 Å². The summed E-state index contributed by atoms with van der Waals surface area (Å²) in [6.07, 6.45) is 0.760. The Labute approximate surface area is 95.7 Å². The third-order valence-electron chi connectivity index (χ3n) is 2.28. The number of amides is 1. The van der Waals surface area contributed by atoms with Crippen LogP contribution in [-0.4, -0.2) is 31.2 Å². The second-order valence-electron chi connectivity index (χ2n) is 3.53. The molecule has 88 valence electrons. The van der Waals surface area contributed by atoms with Crippen molar-refractivity contribution in [2.75, 3.05) is 20.2 Å². The molecule has 0 aliphatic carbocycles. The highest BCUT2D eigenvalue weighted by Gasteiger charge is 2.01. The lowest BCUT2D eigenvalue weighted by Crippen LogP contribution is -2.18. The summed E-state index contributed by atoms with van der Waals surface area (Å²) in [7, 11) is 1.62. The Morgan fingerprint density at radius 3 is 2.56 bits per heavy atom. The molecule has 1 rings (SSSR count). The number of rotatable bonds is 6. The van der Waals surface area contributed by atoms with Gasteiger partial charge in [0.1, 0.15) is 0 Å². The average Bonchev–Trinajstić information content (AvgIpc) is 2.34. The normalized spacial score (nSPS) is 10.1. The fourth-order valence-corrected chi connectivity index (χ4v) is 1.36. The Morgan fingerprint density at radius 1 is 1.31 bits per heavy atom. The van der Waals surface area contributed by atoms with Crippen LogP contribution in [0.1, 0.15) is 22.3 Å². The molecule has 1 aromatic rings. The topological polar surface area (TPSA) is 61.4 Å². The summed E-state index contributed by atoms with van der Waals surface area (Å²) in [4.78, 5) is 11.3. The summed E-state index contributed by atoms with van der Waals surface area (Å²) in [5.41, 5.74) is 1.80. The molecule has 3 N–H and O–H groups in total. The van der Waals surface area contributed by atoms with Crippen LogP contribution in [0.25, 0.3) is 0 Å². The summed E-state index contributed by atoms with van der Waals surface area (Å²) in [6.45, 7) is 1.77. The van der Waals surface area contributed by atoms with Gasteiger partial charge in [0.2, 0.25) is 0 Å². The Hall–Kier alpha value is -1.39. The largest absolute Gasteiger partial charge is 0.396 e. The van der Waals surface area contributed by atoms with Gasteiger partial charge in [0, 0.05) is 25.8 Å². The molecule has 0 fully saturated rings. The van der Waals surface area contributed by atoms with E-state index in [1.54, 1.807) is 7.05 Å². The van der Waals surface area contributed by atoms with Crippen LogP contribution < -0.4 is 10.6 Å². The molecular weight excluding hydrogens is 204 g/mol. The fourth-order valence-electron chi connectivity index (χ4n) is 1.36. The minimum atomic E-state index is -0.0696. The predicted octanol–water partition coefficient (Wildman–Crippen LogP) is 0.518. The van der Waals surface area contributed by atoms with Crippen molar-refractivity contribution < 1.29 is 9.90 Å². The van der Waals surface area contributed by atoms with E-state index >= 15 is 0 Å². The minimum absolute atomic E-state index is 0.0696. The van der Waals surface area contributed by atoms with Gasteiger partial charge in [-0.3, -0.25) is 4.79 Å². The van der Waals surface area contributed by atoms with Crippen LogP contribution in [0.5, 0.6) is 0 Å².